The van der Waals surface area contributed by atoms with E-state index < -0.39 is 6.09 Å². The molecule has 23 heavy (non-hydrogen) atoms. The first-order valence-corrected chi connectivity index (χ1v) is 6.90. The molecule has 1 rings (SSSR count). The highest BCUT2D eigenvalue weighted by Gasteiger charge is 2.22. The molecule has 0 bridgehead atoms. The summed E-state index contributed by atoms with van der Waals surface area (Å²) in [4.78, 5) is 22.7. The van der Waals surface area contributed by atoms with Crippen molar-refractivity contribution in [1.82, 2.24) is 0 Å². The molecule has 0 aliphatic heterocycles. The summed E-state index contributed by atoms with van der Waals surface area (Å²) in [6.07, 6.45) is 0.572. The molecule has 0 heterocycles. The van der Waals surface area contributed by atoms with Gasteiger partial charge in [-0.05, 0) is 36.5 Å². The molecule has 0 aliphatic rings. The van der Waals surface area contributed by atoms with Crippen LogP contribution in [-0.4, -0.2) is 52.4 Å². The number of nitrogens with zero attached hydrogens (tertiary/aromatic N) is 1. The predicted octanol–water partition coefficient (Wildman–Crippen LogP) is 0.652. The van der Waals surface area contributed by atoms with E-state index in [1.807, 2.05) is 19.1 Å². The van der Waals surface area contributed by atoms with Crippen LogP contribution >= 0.6 is 0 Å². The Morgan fingerprint density at radius 3 is 2.35 bits per heavy atom. The molecule has 8 heteroatoms. The fourth-order valence-corrected chi connectivity index (χ4v) is 2.14. The molecule has 8 nitrogen and oxygen atoms in total. The Labute approximate surface area is 133 Å². The molecule has 2 atom stereocenters. The zero-order valence-corrected chi connectivity index (χ0v) is 12.8. The minimum absolute atomic E-state index is 0.0487. The van der Waals surface area contributed by atoms with Crippen LogP contribution in [0.4, 0.5) is 10.5 Å². The van der Waals surface area contributed by atoms with Crippen molar-refractivity contribution in [3.8, 4) is 0 Å². The van der Waals surface area contributed by atoms with E-state index in [0.717, 1.165) is 11.1 Å². The van der Waals surface area contributed by atoms with Crippen molar-refractivity contribution in [2.45, 2.75) is 19.3 Å². The summed E-state index contributed by atoms with van der Waals surface area (Å²) in [5.41, 5.74) is 6.16. The minimum Gasteiger partial charge on any atom is -0.465 e. The monoisotopic (exact) mass is 326 g/mol. The molecule has 1 amide bonds. The number of hydrogen-bond acceptors (Lipinski definition) is 6. The Bertz CT molecular complexity index is 539. The third-order valence-corrected chi connectivity index (χ3v) is 3.33. The highest BCUT2D eigenvalue weighted by molar-refractivity contribution is 5.61. The number of hydrogen-bond donors (Lipinski definition) is 5. The summed E-state index contributed by atoms with van der Waals surface area (Å²) < 4.78 is 0. The Balaban J connectivity index is 0.00000108. The van der Waals surface area contributed by atoms with Gasteiger partial charge in [-0.2, -0.15) is 4.99 Å². The van der Waals surface area contributed by atoms with Gasteiger partial charge in [-0.3, -0.25) is 0 Å². The van der Waals surface area contributed by atoms with E-state index in [9.17, 15) is 15.0 Å². The lowest BCUT2D eigenvalue weighted by Crippen LogP contribution is -2.21. The largest absolute Gasteiger partial charge is 0.465 e. The van der Waals surface area contributed by atoms with Gasteiger partial charge in [-0.15, -0.1) is 0 Å². The quantitative estimate of drug-likeness (QED) is 0.366. The normalized spacial score (nSPS) is 12.3. The van der Waals surface area contributed by atoms with Gasteiger partial charge in [0.15, 0.2) is 0 Å². The van der Waals surface area contributed by atoms with Gasteiger partial charge in [0.25, 0.3) is 0 Å². The number of carbonyl (C=O) groups excluding carboxylic acids is 1. The highest BCUT2D eigenvalue weighted by atomic mass is 16.4. The number of benzene rings is 1. The summed E-state index contributed by atoms with van der Waals surface area (Å²) in [5.74, 6) is -0.524. The zero-order chi connectivity index (χ0) is 17.8. The second-order valence-electron chi connectivity index (χ2n) is 4.83. The Morgan fingerprint density at radius 2 is 1.91 bits per heavy atom. The molecule has 0 saturated heterocycles. The second kappa shape index (κ2) is 11.3. The molecular weight excluding hydrogens is 304 g/mol. The fraction of sp³-hybridized carbons (Fsp3) is 0.467. The van der Waals surface area contributed by atoms with Crippen molar-refractivity contribution in [3.63, 3.8) is 0 Å². The number of aliphatic hydroxyl groups is 3. The summed E-state index contributed by atoms with van der Waals surface area (Å²) >= 11 is 0. The van der Waals surface area contributed by atoms with E-state index in [4.69, 9.17) is 15.0 Å². The number of nitrogens with two attached hydrogens (primary N) is 1. The van der Waals surface area contributed by atoms with Crippen molar-refractivity contribution in [2.24, 2.45) is 16.6 Å². The Hall–Kier alpha value is -2.25. The van der Waals surface area contributed by atoms with E-state index >= 15 is 0 Å². The molecule has 6 N–H and O–H groups in total. The third kappa shape index (κ3) is 7.53. The van der Waals surface area contributed by atoms with Crippen LogP contribution < -0.4 is 5.73 Å². The molecule has 0 spiro atoms. The molecule has 1 aromatic rings. The topological polar surface area (TPSA) is 153 Å². The molecule has 1 aromatic carbocycles. The van der Waals surface area contributed by atoms with Crippen LogP contribution in [0.2, 0.25) is 0 Å². The summed E-state index contributed by atoms with van der Waals surface area (Å²) in [5, 5.41) is 35.0. The first kappa shape index (κ1) is 20.8. The maximum atomic E-state index is 10.4. The smallest absolute Gasteiger partial charge is 0.402 e. The average Bonchev–Trinajstić information content (AvgIpc) is 2.49. The molecule has 0 radical (unpaired) electrons. The van der Waals surface area contributed by atoms with Crippen LogP contribution in [0, 0.1) is 12.8 Å². The average molecular weight is 326 g/mol. The molecule has 0 fully saturated rings. The number of primary amides is 1. The van der Waals surface area contributed by atoms with Gasteiger partial charge in [0.2, 0.25) is 6.08 Å². The number of aliphatic imine (C=N–C) groups is 1. The number of isocyanates is 1. The maximum absolute atomic E-state index is 10.4. The van der Waals surface area contributed by atoms with Crippen LogP contribution in [0.5, 0.6) is 0 Å². The van der Waals surface area contributed by atoms with Crippen LogP contribution in [-0.2, 0) is 4.79 Å². The molecule has 0 aliphatic carbocycles. The number of aryl methyl sites for hydroxylation is 1. The highest BCUT2D eigenvalue weighted by Crippen LogP contribution is 2.30. The van der Waals surface area contributed by atoms with E-state index in [1.54, 1.807) is 6.07 Å². The fourth-order valence-electron chi connectivity index (χ4n) is 2.14. The van der Waals surface area contributed by atoms with Gasteiger partial charge < -0.3 is 26.2 Å². The molecule has 2 unspecified atom stereocenters. The summed E-state index contributed by atoms with van der Waals surface area (Å²) in [7, 11) is 0. The van der Waals surface area contributed by atoms with E-state index in [1.165, 1.54) is 6.08 Å². The van der Waals surface area contributed by atoms with Crippen molar-refractivity contribution < 1.29 is 30.0 Å². The van der Waals surface area contributed by atoms with Crippen LogP contribution in [0.1, 0.15) is 23.5 Å². The third-order valence-electron chi connectivity index (χ3n) is 3.33. The molecular formula is C15H22N2O6. The van der Waals surface area contributed by atoms with Crippen molar-refractivity contribution in [1.29, 1.82) is 0 Å². The maximum Gasteiger partial charge on any atom is 0.402 e. The number of amides is 1. The summed E-state index contributed by atoms with van der Waals surface area (Å²) in [6, 6.07) is 5.35. The lowest BCUT2D eigenvalue weighted by Gasteiger charge is -2.24. The number of aliphatic hydroxyl groups excluding tert-OH is 3. The van der Waals surface area contributed by atoms with Crippen molar-refractivity contribution in [2.75, 3.05) is 19.8 Å². The van der Waals surface area contributed by atoms with Gasteiger partial charge in [0.05, 0.1) is 12.3 Å². The number of carbonyl (C=O) groups is 1. The van der Waals surface area contributed by atoms with Crippen LogP contribution in [0.25, 0.3) is 0 Å². The Kier molecular flexibility index (Phi) is 10.2. The SMILES string of the molecule is Cc1ccc(C(CO)C(CO)CCO)cc1N=C=O.NC(=O)O. The Morgan fingerprint density at radius 1 is 1.30 bits per heavy atom. The second-order valence-corrected chi connectivity index (χ2v) is 4.83. The van der Waals surface area contributed by atoms with Gasteiger partial charge >= 0.3 is 6.09 Å². The molecule has 0 aromatic heterocycles. The predicted molar refractivity (Wildman–Crippen MR) is 83.3 cm³/mol. The van der Waals surface area contributed by atoms with Gasteiger partial charge in [0.1, 0.15) is 0 Å². The number of rotatable bonds is 7. The van der Waals surface area contributed by atoms with E-state index in [-0.39, 0.29) is 31.7 Å². The lowest BCUT2D eigenvalue weighted by molar-refractivity contribution is 0.132. The first-order chi connectivity index (χ1) is 10.9. The minimum atomic E-state index is -1.33. The van der Waals surface area contributed by atoms with Gasteiger partial charge in [-0.25, -0.2) is 9.59 Å². The van der Waals surface area contributed by atoms with Crippen LogP contribution in [0.3, 0.4) is 0 Å². The van der Waals surface area contributed by atoms with Crippen molar-refractivity contribution >= 4 is 17.9 Å². The standard InChI is InChI=1S/C14H19NO4.CH3NO2/c1-10-2-3-11(6-14(10)15-9-19)13(8-18)12(7-17)4-5-16;2-1(3)4/h2-3,6,12-13,16-18H,4-5,7-8H2,1H3;2H2,(H,3,4). The summed E-state index contributed by atoms with van der Waals surface area (Å²) in [6.45, 7) is 1.52. The molecule has 128 valence electrons. The van der Waals surface area contributed by atoms with Crippen LogP contribution in [0.15, 0.2) is 23.2 Å². The first-order valence-electron chi connectivity index (χ1n) is 6.90. The van der Waals surface area contributed by atoms with Crippen molar-refractivity contribution in [3.05, 3.63) is 29.3 Å². The zero-order valence-electron chi connectivity index (χ0n) is 12.8. The molecule has 0 saturated carbocycles. The van der Waals surface area contributed by atoms with Gasteiger partial charge in [-0.1, -0.05) is 12.1 Å². The van der Waals surface area contributed by atoms with E-state index in [2.05, 4.69) is 10.7 Å². The number of carboxylic acid groups (broad SMARTS) is 1. The lowest BCUT2D eigenvalue weighted by atomic mass is 9.84. The van der Waals surface area contributed by atoms with E-state index in [0.29, 0.717) is 12.1 Å². The van der Waals surface area contributed by atoms with Gasteiger partial charge in [0, 0.05) is 19.1 Å².